The Morgan fingerprint density at radius 2 is 1.89 bits per heavy atom. The SMILES string of the molecule is O=C(O)CCCCc1nc2cc(-c3cc(CSc4ccccn4)on3)ccc2c(=O)n1-c1ccc(F)cc1. The van der Waals surface area contributed by atoms with Crippen molar-refractivity contribution in [2.24, 2.45) is 0 Å². The number of carboxylic acids is 1. The van der Waals surface area contributed by atoms with Crippen LogP contribution in [0.3, 0.4) is 0 Å². The lowest BCUT2D eigenvalue weighted by molar-refractivity contribution is -0.137. The number of nitrogens with zero attached hydrogens (tertiary/aromatic N) is 4. The average Bonchev–Trinajstić information content (AvgIpc) is 3.40. The monoisotopic (exact) mass is 530 g/mol. The number of benzene rings is 2. The molecule has 0 aliphatic heterocycles. The second kappa shape index (κ2) is 11.4. The van der Waals surface area contributed by atoms with Crippen molar-refractivity contribution in [3.8, 4) is 16.9 Å². The minimum atomic E-state index is -0.873. The van der Waals surface area contributed by atoms with E-state index in [1.165, 1.54) is 40.6 Å². The molecule has 5 rings (SSSR count). The van der Waals surface area contributed by atoms with E-state index < -0.39 is 11.8 Å². The summed E-state index contributed by atoms with van der Waals surface area (Å²) in [6.45, 7) is 0. The van der Waals surface area contributed by atoms with Crippen molar-refractivity contribution in [1.82, 2.24) is 19.7 Å². The van der Waals surface area contributed by atoms with E-state index in [9.17, 15) is 14.0 Å². The number of hydrogen-bond acceptors (Lipinski definition) is 7. The number of carboxylic acid groups (broad SMARTS) is 1. The van der Waals surface area contributed by atoms with Gasteiger partial charge in [-0.15, -0.1) is 0 Å². The maximum atomic E-state index is 13.5. The van der Waals surface area contributed by atoms with Gasteiger partial charge in [-0.1, -0.05) is 29.1 Å². The van der Waals surface area contributed by atoms with Crippen LogP contribution < -0.4 is 5.56 Å². The van der Waals surface area contributed by atoms with Crippen LogP contribution in [0, 0.1) is 5.82 Å². The number of carbonyl (C=O) groups is 1. The van der Waals surface area contributed by atoms with Gasteiger partial charge in [-0.2, -0.15) is 0 Å². The Hall–Kier alpha value is -4.31. The highest BCUT2D eigenvalue weighted by molar-refractivity contribution is 7.98. The Kier molecular flexibility index (Phi) is 7.60. The molecule has 38 heavy (non-hydrogen) atoms. The Morgan fingerprint density at radius 3 is 2.66 bits per heavy atom. The summed E-state index contributed by atoms with van der Waals surface area (Å²) >= 11 is 1.54. The van der Waals surface area contributed by atoms with E-state index in [2.05, 4.69) is 10.1 Å². The van der Waals surface area contributed by atoms with E-state index in [0.29, 0.717) is 58.9 Å². The van der Waals surface area contributed by atoms with E-state index in [-0.39, 0.29) is 12.0 Å². The molecular formula is C28H23FN4O4S. The number of hydrogen-bond donors (Lipinski definition) is 1. The number of pyridine rings is 1. The summed E-state index contributed by atoms with van der Waals surface area (Å²) in [7, 11) is 0. The maximum Gasteiger partial charge on any atom is 0.303 e. The first-order valence-corrected chi connectivity index (χ1v) is 13.0. The molecule has 3 aromatic heterocycles. The van der Waals surface area contributed by atoms with Gasteiger partial charge in [-0.25, -0.2) is 14.4 Å². The van der Waals surface area contributed by atoms with Crippen molar-refractivity contribution in [2.45, 2.75) is 36.5 Å². The van der Waals surface area contributed by atoms with Gasteiger partial charge in [0.2, 0.25) is 0 Å². The van der Waals surface area contributed by atoms with Crippen LogP contribution in [0.2, 0.25) is 0 Å². The Balaban J connectivity index is 1.46. The minimum absolute atomic E-state index is 0.0334. The summed E-state index contributed by atoms with van der Waals surface area (Å²) in [5.74, 6) is 0.452. The van der Waals surface area contributed by atoms with Crippen LogP contribution in [0.1, 0.15) is 30.8 Å². The molecule has 0 spiro atoms. The molecule has 0 bridgehead atoms. The lowest BCUT2D eigenvalue weighted by atomic mass is 10.1. The van der Waals surface area contributed by atoms with Crippen LogP contribution >= 0.6 is 11.8 Å². The fourth-order valence-corrected chi connectivity index (χ4v) is 4.81. The van der Waals surface area contributed by atoms with Crippen LogP contribution in [-0.4, -0.2) is 30.8 Å². The van der Waals surface area contributed by atoms with E-state index in [1.807, 2.05) is 24.3 Å². The lowest BCUT2D eigenvalue weighted by Crippen LogP contribution is -2.24. The van der Waals surface area contributed by atoms with Crippen molar-refractivity contribution in [2.75, 3.05) is 0 Å². The fraction of sp³-hybridized carbons (Fsp3) is 0.179. The molecule has 0 saturated carbocycles. The van der Waals surface area contributed by atoms with Crippen LogP contribution in [0.15, 0.2) is 87.3 Å². The number of unbranched alkanes of at least 4 members (excludes halogenated alkanes) is 1. The van der Waals surface area contributed by atoms with Gasteiger partial charge in [0.25, 0.3) is 5.56 Å². The van der Waals surface area contributed by atoms with E-state index in [4.69, 9.17) is 14.6 Å². The van der Waals surface area contributed by atoms with Crippen molar-refractivity contribution >= 4 is 28.6 Å². The molecule has 0 atom stereocenters. The zero-order valence-electron chi connectivity index (χ0n) is 20.2. The summed E-state index contributed by atoms with van der Waals surface area (Å²) in [5, 5.41) is 14.4. The quantitative estimate of drug-likeness (QED) is 0.182. The summed E-state index contributed by atoms with van der Waals surface area (Å²) in [6.07, 6.45) is 3.14. The number of rotatable bonds is 10. The van der Waals surface area contributed by atoms with Crippen molar-refractivity contribution < 1.29 is 18.8 Å². The molecule has 0 amide bonds. The summed E-state index contributed by atoms with van der Waals surface area (Å²) in [4.78, 5) is 33.5. The molecule has 3 heterocycles. The number of thioether (sulfide) groups is 1. The van der Waals surface area contributed by atoms with Gasteiger partial charge < -0.3 is 9.63 Å². The molecule has 8 nitrogen and oxygen atoms in total. The lowest BCUT2D eigenvalue weighted by Gasteiger charge is -2.14. The Labute approximate surface area is 221 Å². The highest BCUT2D eigenvalue weighted by Gasteiger charge is 2.15. The van der Waals surface area contributed by atoms with E-state index >= 15 is 0 Å². The molecule has 5 aromatic rings. The number of aromatic nitrogens is 4. The number of halogens is 1. The molecule has 0 fully saturated rings. The van der Waals surface area contributed by atoms with Gasteiger partial charge in [-0.3, -0.25) is 14.2 Å². The summed E-state index contributed by atoms with van der Waals surface area (Å²) < 4.78 is 20.5. The second-order valence-electron chi connectivity index (χ2n) is 8.61. The van der Waals surface area contributed by atoms with Gasteiger partial charge in [0, 0.05) is 30.7 Å². The topological polar surface area (TPSA) is 111 Å². The van der Waals surface area contributed by atoms with E-state index in [0.717, 1.165) is 10.6 Å². The molecule has 0 radical (unpaired) electrons. The normalized spacial score (nSPS) is 11.2. The smallest absolute Gasteiger partial charge is 0.303 e. The predicted octanol–water partition coefficient (Wildman–Crippen LogP) is 5.66. The van der Waals surface area contributed by atoms with Crippen molar-refractivity contribution in [1.29, 1.82) is 0 Å². The third-order valence-corrected chi connectivity index (χ3v) is 6.89. The Morgan fingerprint density at radius 1 is 1.05 bits per heavy atom. The minimum Gasteiger partial charge on any atom is -0.481 e. The van der Waals surface area contributed by atoms with Crippen LogP contribution in [0.25, 0.3) is 27.8 Å². The highest BCUT2D eigenvalue weighted by Crippen LogP contribution is 2.26. The van der Waals surface area contributed by atoms with E-state index in [1.54, 1.807) is 24.4 Å². The fourth-order valence-electron chi connectivity index (χ4n) is 4.07. The first-order valence-electron chi connectivity index (χ1n) is 12.0. The number of aliphatic carboxylic acids is 1. The molecule has 10 heteroatoms. The van der Waals surface area contributed by atoms with Crippen LogP contribution in [0.4, 0.5) is 4.39 Å². The third-order valence-electron chi connectivity index (χ3n) is 5.92. The highest BCUT2D eigenvalue weighted by atomic mass is 32.2. The van der Waals surface area contributed by atoms with Crippen LogP contribution in [0.5, 0.6) is 0 Å². The standard InChI is InChI=1S/C28H23FN4O4S/c29-19-9-11-20(12-10-19)33-25(5-1-2-7-27(34)35)31-24-15-18(8-13-22(24)28(33)36)23-16-21(37-32-23)17-38-26-6-3-4-14-30-26/h3-4,6,8-16H,1-2,5,7,17H2,(H,34,35). The molecule has 0 aliphatic rings. The van der Waals surface area contributed by atoms with Gasteiger partial charge in [0.1, 0.15) is 23.1 Å². The molecule has 0 unspecified atom stereocenters. The van der Waals surface area contributed by atoms with Gasteiger partial charge >= 0.3 is 5.97 Å². The van der Waals surface area contributed by atoms with Gasteiger partial charge in [0.15, 0.2) is 0 Å². The largest absolute Gasteiger partial charge is 0.481 e. The number of fused-ring (bicyclic) bond motifs is 1. The Bertz CT molecular complexity index is 1640. The summed E-state index contributed by atoms with van der Waals surface area (Å²) in [5.41, 5.74) is 2.07. The second-order valence-corrected chi connectivity index (χ2v) is 9.61. The first-order chi connectivity index (χ1) is 18.5. The maximum absolute atomic E-state index is 13.5. The molecule has 2 aromatic carbocycles. The predicted molar refractivity (Wildman–Crippen MR) is 142 cm³/mol. The van der Waals surface area contributed by atoms with Crippen molar-refractivity contribution in [3.05, 3.63) is 101 Å². The van der Waals surface area contributed by atoms with Crippen LogP contribution in [-0.2, 0) is 17.0 Å². The zero-order valence-corrected chi connectivity index (χ0v) is 21.0. The summed E-state index contributed by atoms with van der Waals surface area (Å²) in [6, 6.07) is 18.5. The molecular weight excluding hydrogens is 507 g/mol. The molecule has 0 saturated heterocycles. The molecule has 0 aliphatic carbocycles. The first kappa shape index (κ1) is 25.3. The number of aryl methyl sites for hydroxylation is 1. The zero-order chi connectivity index (χ0) is 26.5. The molecule has 192 valence electrons. The third kappa shape index (κ3) is 5.81. The van der Waals surface area contributed by atoms with Gasteiger partial charge in [0.05, 0.1) is 27.4 Å². The van der Waals surface area contributed by atoms with Gasteiger partial charge in [-0.05, 0) is 61.4 Å². The average molecular weight is 531 g/mol. The molecule has 1 N–H and O–H groups in total. The van der Waals surface area contributed by atoms with Crippen molar-refractivity contribution in [3.63, 3.8) is 0 Å².